The van der Waals surface area contributed by atoms with Crippen LogP contribution < -0.4 is 9.47 Å². The number of hydrazone groups is 1. The van der Waals surface area contributed by atoms with Crippen molar-refractivity contribution >= 4 is 44.7 Å². The van der Waals surface area contributed by atoms with Gasteiger partial charge in [-0.05, 0) is 75.1 Å². The zero-order valence-corrected chi connectivity index (χ0v) is 17.9. The minimum Gasteiger partial charge on any atom is -0.493 e. The molecule has 1 heterocycles. The highest BCUT2D eigenvalue weighted by Crippen LogP contribution is 2.39. The number of carbonyl (C=O) groups excluding carboxylic acids is 2. The molecule has 1 aliphatic heterocycles. The van der Waals surface area contributed by atoms with Crippen LogP contribution in [0.15, 0.2) is 46.0 Å². The summed E-state index contributed by atoms with van der Waals surface area (Å²) in [7, 11) is 3.09. The maximum absolute atomic E-state index is 13.1. The van der Waals surface area contributed by atoms with Crippen LogP contribution in [0.25, 0.3) is 10.8 Å². The summed E-state index contributed by atoms with van der Waals surface area (Å²) in [6.45, 7) is 0. The second-order valence-corrected chi connectivity index (χ2v) is 8.05. The monoisotopic (exact) mass is 464 g/mol. The van der Waals surface area contributed by atoms with Crippen LogP contribution in [0.4, 0.5) is 0 Å². The number of halogens is 1. The smallest absolute Gasteiger partial charge is 0.282 e. The van der Waals surface area contributed by atoms with Crippen molar-refractivity contribution in [2.75, 3.05) is 14.2 Å². The van der Waals surface area contributed by atoms with Gasteiger partial charge in [0.15, 0.2) is 11.5 Å². The van der Waals surface area contributed by atoms with Crippen molar-refractivity contribution < 1.29 is 19.1 Å². The Kier molecular flexibility index (Phi) is 4.36. The Morgan fingerprint density at radius 3 is 2.13 bits per heavy atom. The number of amides is 2. The molecular weight excluding hydrogens is 448 g/mol. The molecule has 0 bridgehead atoms. The van der Waals surface area contributed by atoms with E-state index in [1.165, 1.54) is 24.5 Å². The zero-order chi connectivity index (χ0) is 21.0. The van der Waals surface area contributed by atoms with Gasteiger partial charge in [-0.15, -0.1) is 0 Å². The number of carbonyl (C=O) groups is 2. The Bertz CT molecular complexity index is 1220. The van der Waals surface area contributed by atoms with Crippen LogP contribution in [0.2, 0.25) is 0 Å². The fourth-order valence-electron chi connectivity index (χ4n) is 4.25. The number of nitrogens with zero attached hydrogens (tertiary/aromatic N) is 2. The molecule has 2 amide bonds. The minimum atomic E-state index is -0.418. The summed E-state index contributed by atoms with van der Waals surface area (Å²) in [5.41, 5.74) is 4.06. The summed E-state index contributed by atoms with van der Waals surface area (Å²) in [4.78, 5) is 26.2. The first-order valence-corrected chi connectivity index (χ1v) is 10.2. The van der Waals surface area contributed by atoms with Gasteiger partial charge in [0, 0.05) is 5.39 Å². The predicted octanol–water partition coefficient (Wildman–Crippen LogP) is 4.35. The van der Waals surface area contributed by atoms with Gasteiger partial charge in [0.05, 0.1) is 36.0 Å². The van der Waals surface area contributed by atoms with Gasteiger partial charge in [0.25, 0.3) is 11.8 Å². The number of aryl methyl sites for hydroxylation is 2. The van der Waals surface area contributed by atoms with Gasteiger partial charge < -0.3 is 9.47 Å². The molecule has 3 aromatic carbocycles. The molecule has 0 unspecified atom stereocenters. The van der Waals surface area contributed by atoms with Crippen LogP contribution in [0, 0.1) is 0 Å². The molecule has 150 valence electrons. The van der Waals surface area contributed by atoms with Crippen molar-refractivity contribution in [1.29, 1.82) is 0 Å². The van der Waals surface area contributed by atoms with E-state index in [1.807, 2.05) is 12.1 Å². The van der Waals surface area contributed by atoms with E-state index in [2.05, 4.69) is 21.0 Å². The Labute approximate surface area is 181 Å². The summed E-state index contributed by atoms with van der Waals surface area (Å²) in [5, 5.41) is 6.97. The number of benzene rings is 3. The topological polar surface area (TPSA) is 68.2 Å². The molecule has 0 spiro atoms. The molecule has 1 aliphatic carbocycles. The molecule has 0 fully saturated rings. The molecule has 6 nitrogen and oxygen atoms in total. The summed E-state index contributed by atoms with van der Waals surface area (Å²) in [6.07, 6.45) is 3.34. The maximum Gasteiger partial charge on any atom is 0.282 e. The van der Waals surface area contributed by atoms with Crippen LogP contribution >= 0.6 is 15.9 Å². The van der Waals surface area contributed by atoms with Crippen molar-refractivity contribution in [3.05, 3.63) is 68.7 Å². The van der Waals surface area contributed by atoms with E-state index in [1.54, 1.807) is 31.4 Å². The number of hydrogen-bond acceptors (Lipinski definition) is 5. The third-order valence-electron chi connectivity index (χ3n) is 5.62. The first kappa shape index (κ1) is 18.8. The molecule has 0 radical (unpaired) electrons. The van der Waals surface area contributed by atoms with Gasteiger partial charge in [-0.1, -0.05) is 12.1 Å². The van der Waals surface area contributed by atoms with Crippen LogP contribution in [0.1, 0.15) is 37.4 Å². The van der Waals surface area contributed by atoms with E-state index in [9.17, 15) is 9.59 Å². The largest absolute Gasteiger partial charge is 0.493 e. The third-order valence-corrected chi connectivity index (χ3v) is 6.21. The van der Waals surface area contributed by atoms with E-state index in [0.29, 0.717) is 32.7 Å². The van der Waals surface area contributed by atoms with Crippen molar-refractivity contribution in [3.8, 4) is 11.5 Å². The first-order chi connectivity index (χ1) is 14.5. The fourth-order valence-corrected chi connectivity index (χ4v) is 4.87. The average Bonchev–Trinajstić information content (AvgIpc) is 3.17. The SMILES string of the molecule is COc1cc(C=NN2C(=O)c3ccc4c5c(ccc(c35)C2=O)CC4)cc(Br)c1OC. The molecule has 30 heavy (non-hydrogen) atoms. The highest BCUT2D eigenvalue weighted by atomic mass is 79.9. The van der Waals surface area contributed by atoms with Crippen LogP contribution in [-0.4, -0.2) is 37.3 Å². The molecule has 0 aromatic heterocycles. The number of ether oxygens (including phenoxy) is 2. The lowest BCUT2D eigenvalue weighted by atomic mass is 9.92. The van der Waals surface area contributed by atoms with Crippen molar-refractivity contribution in [2.24, 2.45) is 5.10 Å². The molecular formula is C23H17BrN2O4. The summed E-state index contributed by atoms with van der Waals surface area (Å²) in [5.74, 6) is 0.230. The quantitative estimate of drug-likeness (QED) is 0.425. The lowest BCUT2D eigenvalue weighted by Gasteiger charge is -2.23. The van der Waals surface area contributed by atoms with Crippen molar-refractivity contribution in [2.45, 2.75) is 12.8 Å². The van der Waals surface area contributed by atoms with Gasteiger partial charge in [0.1, 0.15) is 0 Å². The van der Waals surface area contributed by atoms with Gasteiger partial charge in [-0.3, -0.25) is 9.59 Å². The van der Waals surface area contributed by atoms with Gasteiger partial charge >= 0.3 is 0 Å². The lowest BCUT2D eigenvalue weighted by molar-refractivity contribution is 0.0616. The number of rotatable bonds is 4. The Morgan fingerprint density at radius 1 is 0.933 bits per heavy atom. The summed E-state index contributed by atoms with van der Waals surface area (Å²) in [6, 6.07) is 11.1. The van der Waals surface area contributed by atoms with Crippen molar-refractivity contribution in [1.82, 2.24) is 5.01 Å². The lowest BCUT2D eigenvalue weighted by Crippen LogP contribution is -2.36. The summed E-state index contributed by atoms with van der Waals surface area (Å²) >= 11 is 3.43. The van der Waals surface area contributed by atoms with Gasteiger partial charge in [-0.25, -0.2) is 0 Å². The predicted molar refractivity (Wildman–Crippen MR) is 117 cm³/mol. The van der Waals surface area contributed by atoms with Gasteiger partial charge in [0.2, 0.25) is 0 Å². The normalized spacial score (nSPS) is 14.8. The number of imide groups is 1. The van der Waals surface area contributed by atoms with E-state index in [4.69, 9.17) is 9.47 Å². The Morgan fingerprint density at radius 2 is 1.57 bits per heavy atom. The zero-order valence-electron chi connectivity index (χ0n) is 16.4. The highest BCUT2D eigenvalue weighted by Gasteiger charge is 2.35. The molecule has 7 heteroatoms. The van der Waals surface area contributed by atoms with Crippen LogP contribution in [0.5, 0.6) is 11.5 Å². The Hall–Kier alpha value is -3.19. The van der Waals surface area contributed by atoms with Gasteiger partial charge in [-0.2, -0.15) is 10.1 Å². The van der Waals surface area contributed by atoms with E-state index < -0.39 is 11.8 Å². The van der Waals surface area contributed by atoms with E-state index >= 15 is 0 Å². The minimum absolute atomic E-state index is 0.418. The van der Waals surface area contributed by atoms with E-state index in [-0.39, 0.29) is 0 Å². The fraction of sp³-hybridized carbons (Fsp3) is 0.174. The second-order valence-electron chi connectivity index (χ2n) is 7.20. The third kappa shape index (κ3) is 2.65. The van der Waals surface area contributed by atoms with Crippen LogP contribution in [0.3, 0.4) is 0 Å². The number of hydrogen-bond donors (Lipinski definition) is 0. The van der Waals surface area contributed by atoms with Crippen molar-refractivity contribution in [3.63, 3.8) is 0 Å². The highest BCUT2D eigenvalue weighted by molar-refractivity contribution is 9.10. The molecule has 3 aromatic rings. The molecule has 0 saturated heterocycles. The van der Waals surface area contributed by atoms with Crippen LogP contribution in [-0.2, 0) is 12.8 Å². The maximum atomic E-state index is 13.1. The molecule has 0 saturated carbocycles. The standard InChI is InChI=1S/C23H17BrN2O4/c1-29-18-10-12(9-17(24)21(18)30-2)11-25-26-22(27)15-7-5-13-3-4-14-6-8-16(23(26)28)20(15)19(13)14/h5-11H,3-4H2,1-2H3. The molecule has 2 aliphatic rings. The molecule has 0 N–H and O–H groups in total. The Balaban J connectivity index is 1.57. The molecule has 0 atom stereocenters. The molecule has 5 rings (SSSR count). The van der Waals surface area contributed by atoms with E-state index in [0.717, 1.165) is 28.6 Å². The average molecular weight is 465 g/mol. The first-order valence-electron chi connectivity index (χ1n) is 9.45. The number of methoxy groups -OCH3 is 2. The summed E-state index contributed by atoms with van der Waals surface area (Å²) < 4.78 is 11.3. The second kappa shape index (κ2) is 6.95.